The van der Waals surface area contributed by atoms with Gasteiger partial charge in [0.15, 0.2) is 9.84 Å². The predicted molar refractivity (Wildman–Crippen MR) is 60.3 cm³/mol. The van der Waals surface area contributed by atoms with Crippen molar-refractivity contribution in [3.8, 4) is 0 Å². The van der Waals surface area contributed by atoms with Crippen molar-refractivity contribution >= 4 is 21.4 Å². The van der Waals surface area contributed by atoms with Crippen LogP contribution in [0.4, 0.5) is 13.2 Å². The summed E-state index contributed by atoms with van der Waals surface area (Å²) in [6.45, 7) is -1.97. The van der Waals surface area contributed by atoms with Crippen LogP contribution in [0.2, 0.25) is 5.02 Å². The average molecular weight is 303 g/mol. The summed E-state index contributed by atoms with van der Waals surface area (Å²) in [5.41, 5.74) is 0.0333. The fraction of sp³-hybridized carbons (Fsp3) is 0.400. The SMILES string of the molecule is CS(=O)(=O)c1cccc(Cl)c1COCC(F)(F)F. The standard InChI is InChI=1S/C10H10ClF3O3S/c1-18(15,16)9-4-2-3-8(11)7(9)5-17-6-10(12,13)14/h2-4H,5-6H2,1H3. The van der Waals surface area contributed by atoms with E-state index in [4.69, 9.17) is 11.6 Å². The van der Waals surface area contributed by atoms with Crippen LogP contribution in [0.3, 0.4) is 0 Å². The molecule has 0 atom stereocenters. The Morgan fingerprint density at radius 3 is 2.44 bits per heavy atom. The molecule has 0 aliphatic carbocycles. The maximum absolute atomic E-state index is 11.9. The summed E-state index contributed by atoms with van der Waals surface area (Å²) in [6, 6.07) is 4.07. The molecule has 0 heterocycles. The third kappa shape index (κ3) is 4.47. The van der Waals surface area contributed by atoms with Crippen molar-refractivity contribution in [2.75, 3.05) is 12.9 Å². The molecule has 0 unspecified atom stereocenters. The van der Waals surface area contributed by atoms with E-state index in [1.54, 1.807) is 0 Å². The average Bonchev–Trinajstić information content (AvgIpc) is 2.16. The third-order valence-electron chi connectivity index (χ3n) is 1.99. The molecule has 0 fully saturated rings. The van der Waals surface area contributed by atoms with Gasteiger partial charge in [-0.2, -0.15) is 13.2 Å². The number of alkyl halides is 3. The number of rotatable bonds is 4. The van der Waals surface area contributed by atoms with Crippen LogP contribution in [0.5, 0.6) is 0 Å². The molecule has 0 aromatic heterocycles. The number of sulfone groups is 1. The minimum Gasteiger partial charge on any atom is -0.367 e. The lowest BCUT2D eigenvalue weighted by Gasteiger charge is -2.12. The van der Waals surface area contributed by atoms with Crippen molar-refractivity contribution in [1.29, 1.82) is 0 Å². The van der Waals surface area contributed by atoms with Crippen LogP contribution in [0.25, 0.3) is 0 Å². The minimum atomic E-state index is -4.47. The highest BCUT2D eigenvalue weighted by molar-refractivity contribution is 7.90. The first-order valence-electron chi connectivity index (χ1n) is 4.73. The summed E-state index contributed by atoms with van der Waals surface area (Å²) in [6.07, 6.45) is -3.52. The molecule has 0 radical (unpaired) electrons. The second-order valence-corrected chi connectivity index (χ2v) is 5.99. The number of hydrogen-bond acceptors (Lipinski definition) is 3. The van der Waals surface area contributed by atoms with Gasteiger partial charge in [-0.05, 0) is 12.1 Å². The van der Waals surface area contributed by atoms with E-state index in [0.29, 0.717) is 0 Å². The molecule has 102 valence electrons. The summed E-state index contributed by atoms with van der Waals surface area (Å²) >= 11 is 5.76. The molecule has 8 heteroatoms. The summed E-state index contributed by atoms with van der Waals surface area (Å²) in [5.74, 6) is 0. The van der Waals surface area contributed by atoms with Crippen LogP contribution in [0.15, 0.2) is 23.1 Å². The van der Waals surface area contributed by atoms with Crippen molar-refractivity contribution in [2.24, 2.45) is 0 Å². The Hall–Kier alpha value is -0.790. The molecular formula is C10H10ClF3O3S. The Kier molecular flexibility index (Phi) is 4.63. The number of halogens is 4. The van der Waals surface area contributed by atoms with E-state index in [1.807, 2.05) is 0 Å². The van der Waals surface area contributed by atoms with Gasteiger partial charge < -0.3 is 4.74 Å². The number of benzene rings is 1. The zero-order valence-electron chi connectivity index (χ0n) is 9.29. The minimum absolute atomic E-state index is 0.0333. The van der Waals surface area contributed by atoms with Gasteiger partial charge in [0, 0.05) is 16.8 Å². The van der Waals surface area contributed by atoms with Crippen molar-refractivity contribution in [3.05, 3.63) is 28.8 Å². The van der Waals surface area contributed by atoms with Crippen LogP contribution in [0, 0.1) is 0 Å². The molecule has 0 amide bonds. The Morgan fingerprint density at radius 1 is 1.33 bits per heavy atom. The zero-order chi connectivity index (χ0) is 14.0. The third-order valence-corrected chi connectivity index (χ3v) is 3.52. The van der Waals surface area contributed by atoms with Crippen LogP contribution in [-0.2, 0) is 21.2 Å². The van der Waals surface area contributed by atoms with Gasteiger partial charge in [0.25, 0.3) is 0 Å². The lowest BCUT2D eigenvalue weighted by Crippen LogP contribution is -2.17. The number of ether oxygens (including phenoxy) is 1. The van der Waals surface area contributed by atoms with E-state index >= 15 is 0 Å². The molecule has 1 rings (SSSR count). The molecule has 0 spiro atoms. The quantitative estimate of drug-likeness (QED) is 0.859. The van der Waals surface area contributed by atoms with Gasteiger partial charge in [0.2, 0.25) is 0 Å². The first-order chi connectivity index (χ1) is 8.11. The maximum Gasteiger partial charge on any atom is 0.411 e. The second-order valence-electron chi connectivity index (χ2n) is 3.60. The van der Waals surface area contributed by atoms with Gasteiger partial charge in [-0.15, -0.1) is 0 Å². The molecule has 0 bridgehead atoms. The van der Waals surface area contributed by atoms with E-state index in [1.165, 1.54) is 18.2 Å². The highest BCUT2D eigenvalue weighted by Gasteiger charge is 2.28. The van der Waals surface area contributed by atoms with Gasteiger partial charge in [-0.3, -0.25) is 0 Å². The molecule has 1 aromatic carbocycles. The van der Waals surface area contributed by atoms with Crippen molar-refractivity contribution in [2.45, 2.75) is 17.7 Å². The Bertz CT molecular complexity index is 526. The summed E-state index contributed by atoms with van der Waals surface area (Å²) in [7, 11) is -3.57. The Morgan fingerprint density at radius 2 is 1.94 bits per heavy atom. The fourth-order valence-electron chi connectivity index (χ4n) is 1.30. The van der Waals surface area contributed by atoms with Crippen molar-refractivity contribution < 1.29 is 26.3 Å². The van der Waals surface area contributed by atoms with Gasteiger partial charge in [-0.1, -0.05) is 17.7 Å². The van der Waals surface area contributed by atoms with Gasteiger partial charge in [0.05, 0.1) is 11.5 Å². The molecule has 0 aliphatic rings. The predicted octanol–water partition coefficient (Wildman–Crippen LogP) is 2.82. The molecule has 0 N–H and O–H groups in total. The monoisotopic (exact) mass is 302 g/mol. The summed E-state index contributed by atoms with van der Waals surface area (Å²) in [5, 5.41) is 0.0556. The van der Waals surface area contributed by atoms with Crippen molar-refractivity contribution in [3.63, 3.8) is 0 Å². The molecule has 1 aromatic rings. The maximum atomic E-state index is 11.9. The molecule has 3 nitrogen and oxygen atoms in total. The number of hydrogen-bond donors (Lipinski definition) is 0. The first-order valence-corrected chi connectivity index (χ1v) is 7.00. The summed E-state index contributed by atoms with van der Waals surface area (Å²) in [4.78, 5) is -0.128. The van der Waals surface area contributed by atoms with Crippen LogP contribution < -0.4 is 0 Å². The van der Waals surface area contributed by atoms with E-state index in [2.05, 4.69) is 4.74 Å². The van der Waals surface area contributed by atoms with Gasteiger partial charge >= 0.3 is 6.18 Å². The van der Waals surface area contributed by atoms with Crippen LogP contribution >= 0.6 is 11.6 Å². The normalized spacial score (nSPS) is 12.7. The van der Waals surface area contributed by atoms with Crippen molar-refractivity contribution in [1.82, 2.24) is 0 Å². The molecule has 18 heavy (non-hydrogen) atoms. The van der Waals surface area contributed by atoms with Crippen LogP contribution in [0.1, 0.15) is 5.56 Å². The fourth-order valence-corrected chi connectivity index (χ4v) is 2.52. The summed E-state index contributed by atoms with van der Waals surface area (Å²) < 4.78 is 63.0. The lowest BCUT2D eigenvalue weighted by molar-refractivity contribution is -0.176. The topological polar surface area (TPSA) is 43.4 Å². The van der Waals surface area contributed by atoms with Gasteiger partial charge in [0.1, 0.15) is 6.61 Å². The largest absolute Gasteiger partial charge is 0.411 e. The van der Waals surface area contributed by atoms with E-state index in [0.717, 1.165) is 6.26 Å². The second kappa shape index (κ2) is 5.46. The molecule has 0 aliphatic heterocycles. The highest BCUT2D eigenvalue weighted by Crippen LogP contribution is 2.25. The lowest BCUT2D eigenvalue weighted by atomic mass is 10.2. The van der Waals surface area contributed by atoms with Crippen LogP contribution in [-0.4, -0.2) is 27.5 Å². The first kappa shape index (κ1) is 15.3. The molecule has 0 saturated heterocycles. The highest BCUT2D eigenvalue weighted by atomic mass is 35.5. The molecular weight excluding hydrogens is 293 g/mol. The van der Waals surface area contributed by atoms with Gasteiger partial charge in [-0.25, -0.2) is 8.42 Å². The Balaban J connectivity index is 2.95. The van der Waals surface area contributed by atoms with E-state index in [9.17, 15) is 21.6 Å². The Labute approximate surface area is 107 Å². The zero-order valence-corrected chi connectivity index (χ0v) is 10.9. The van der Waals surface area contributed by atoms with E-state index in [-0.39, 0.29) is 15.5 Å². The van der Waals surface area contributed by atoms with E-state index < -0.39 is 29.2 Å². The molecule has 0 saturated carbocycles. The smallest absolute Gasteiger partial charge is 0.367 e.